The number of aliphatic hydroxyl groups excluding tert-OH is 1. The van der Waals surface area contributed by atoms with Gasteiger partial charge in [0.15, 0.2) is 12.4 Å². The van der Waals surface area contributed by atoms with E-state index in [9.17, 15) is 9.90 Å². The lowest BCUT2D eigenvalue weighted by Gasteiger charge is -2.43. The maximum absolute atomic E-state index is 11.6. The molecule has 2 aromatic rings. The van der Waals surface area contributed by atoms with E-state index in [1.54, 1.807) is 0 Å². The van der Waals surface area contributed by atoms with Crippen LogP contribution in [0, 0.1) is 0 Å². The molecule has 0 bridgehead atoms. The molecule has 3 rings (SSSR count). The van der Waals surface area contributed by atoms with Crippen LogP contribution in [0.5, 0.6) is 0 Å². The smallest absolute Gasteiger partial charge is 0.303 e. The van der Waals surface area contributed by atoms with Gasteiger partial charge in [-0.1, -0.05) is 60.7 Å². The quantitative estimate of drug-likeness (QED) is 0.629. The topological polar surface area (TPSA) is 83.5 Å². The van der Waals surface area contributed by atoms with Gasteiger partial charge in [-0.3, -0.25) is 4.79 Å². The molecule has 7 heteroatoms. The molecule has 1 aliphatic heterocycles. The highest BCUT2D eigenvalue weighted by atomic mass is 16.7. The van der Waals surface area contributed by atoms with Gasteiger partial charge in [-0.25, -0.2) is 0 Å². The van der Waals surface area contributed by atoms with Crippen molar-refractivity contribution in [3.05, 3.63) is 71.8 Å². The standard InChI is InChI=1S/C23H28O7/c1-16(24)29-21-19(15-27-13-17-9-5-3-6-10-17)30-23(26-2)22(20(21)25)28-14-18-11-7-4-8-12-18/h3-12,19-23,25H,13-15H2,1-2H3/t19-,20+,21+,22-,23-/m1/s1. The summed E-state index contributed by atoms with van der Waals surface area (Å²) < 4.78 is 28.4. The van der Waals surface area contributed by atoms with Gasteiger partial charge in [0.05, 0.1) is 19.8 Å². The minimum absolute atomic E-state index is 0.120. The summed E-state index contributed by atoms with van der Waals surface area (Å²) in [6.45, 7) is 2.04. The summed E-state index contributed by atoms with van der Waals surface area (Å²) in [5, 5.41) is 10.9. The minimum atomic E-state index is -1.14. The third-order valence-corrected chi connectivity index (χ3v) is 4.83. The lowest BCUT2D eigenvalue weighted by atomic mass is 9.98. The zero-order valence-corrected chi connectivity index (χ0v) is 17.2. The average molecular weight is 416 g/mol. The summed E-state index contributed by atoms with van der Waals surface area (Å²) in [4.78, 5) is 11.6. The Morgan fingerprint density at radius 1 is 0.967 bits per heavy atom. The fourth-order valence-corrected chi connectivity index (χ4v) is 3.37. The van der Waals surface area contributed by atoms with Crippen molar-refractivity contribution < 1.29 is 33.6 Å². The first-order chi connectivity index (χ1) is 14.6. The molecule has 1 aliphatic rings. The van der Waals surface area contributed by atoms with Crippen LogP contribution in [-0.2, 0) is 41.7 Å². The molecule has 0 radical (unpaired) electrons. The third-order valence-electron chi connectivity index (χ3n) is 4.83. The van der Waals surface area contributed by atoms with Crippen molar-refractivity contribution in [2.75, 3.05) is 13.7 Å². The molecular formula is C23H28O7. The number of benzene rings is 2. The molecule has 0 aliphatic carbocycles. The molecule has 30 heavy (non-hydrogen) atoms. The third kappa shape index (κ3) is 6.10. The molecule has 162 valence electrons. The van der Waals surface area contributed by atoms with Crippen LogP contribution >= 0.6 is 0 Å². The zero-order chi connectivity index (χ0) is 21.3. The van der Waals surface area contributed by atoms with Gasteiger partial charge in [-0.2, -0.15) is 0 Å². The Bertz CT molecular complexity index is 766. The summed E-state index contributed by atoms with van der Waals surface area (Å²) in [6.07, 6.45) is -4.44. The molecule has 2 aromatic carbocycles. The van der Waals surface area contributed by atoms with Gasteiger partial charge in [0.2, 0.25) is 0 Å². The maximum Gasteiger partial charge on any atom is 0.303 e. The Morgan fingerprint density at radius 2 is 1.57 bits per heavy atom. The molecule has 0 saturated carbocycles. The van der Waals surface area contributed by atoms with E-state index in [1.807, 2.05) is 60.7 Å². The zero-order valence-electron chi connectivity index (χ0n) is 17.2. The van der Waals surface area contributed by atoms with Gasteiger partial charge in [0.25, 0.3) is 0 Å². The van der Waals surface area contributed by atoms with Crippen molar-refractivity contribution in [1.29, 1.82) is 0 Å². The first kappa shape index (κ1) is 22.4. The van der Waals surface area contributed by atoms with E-state index >= 15 is 0 Å². The van der Waals surface area contributed by atoms with Crippen molar-refractivity contribution in [2.45, 2.75) is 50.8 Å². The number of hydrogen-bond acceptors (Lipinski definition) is 7. The molecule has 1 heterocycles. The summed E-state index contributed by atoms with van der Waals surface area (Å²) in [5.41, 5.74) is 1.95. The maximum atomic E-state index is 11.6. The number of hydrogen-bond donors (Lipinski definition) is 1. The average Bonchev–Trinajstić information content (AvgIpc) is 2.76. The monoisotopic (exact) mass is 416 g/mol. The van der Waals surface area contributed by atoms with E-state index in [4.69, 9.17) is 23.7 Å². The molecule has 1 saturated heterocycles. The number of methoxy groups -OCH3 is 1. The summed E-state index contributed by atoms with van der Waals surface area (Å²) in [5.74, 6) is -0.520. The lowest BCUT2D eigenvalue weighted by molar-refractivity contribution is -0.309. The Hall–Kier alpha value is -2.29. The van der Waals surface area contributed by atoms with Crippen LogP contribution in [0.1, 0.15) is 18.1 Å². The van der Waals surface area contributed by atoms with Gasteiger partial charge in [-0.05, 0) is 11.1 Å². The van der Waals surface area contributed by atoms with Gasteiger partial charge in [0.1, 0.15) is 18.3 Å². The van der Waals surface area contributed by atoms with Gasteiger partial charge >= 0.3 is 5.97 Å². The van der Waals surface area contributed by atoms with Crippen molar-refractivity contribution in [3.63, 3.8) is 0 Å². The Kier molecular flexibility index (Phi) is 8.36. The molecule has 7 nitrogen and oxygen atoms in total. The van der Waals surface area contributed by atoms with Crippen molar-refractivity contribution >= 4 is 5.97 Å². The molecule has 0 aromatic heterocycles. The number of aliphatic hydroxyl groups is 1. The van der Waals surface area contributed by atoms with E-state index in [2.05, 4.69) is 0 Å². The number of esters is 1. The minimum Gasteiger partial charge on any atom is -0.457 e. The second kappa shape index (κ2) is 11.2. The number of carbonyl (C=O) groups excluding carboxylic acids is 1. The summed E-state index contributed by atoms with van der Waals surface area (Å²) in [6, 6.07) is 19.2. The highest BCUT2D eigenvalue weighted by Crippen LogP contribution is 2.27. The fraction of sp³-hybridized carbons (Fsp3) is 0.435. The highest BCUT2D eigenvalue weighted by molar-refractivity contribution is 5.66. The molecule has 1 N–H and O–H groups in total. The molecule has 0 unspecified atom stereocenters. The van der Waals surface area contributed by atoms with Crippen LogP contribution in [0.25, 0.3) is 0 Å². The van der Waals surface area contributed by atoms with E-state index in [-0.39, 0.29) is 13.2 Å². The van der Waals surface area contributed by atoms with E-state index < -0.39 is 36.7 Å². The predicted octanol–water partition coefficient (Wildman–Crippen LogP) is 2.45. The highest BCUT2D eigenvalue weighted by Gasteiger charge is 2.48. The second-order valence-electron chi connectivity index (χ2n) is 7.11. The summed E-state index contributed by atoms with van der Waals surface area (Å²) >= 11 is 0. The lowest BCUT2D eigenvalue weighted by Crippen LogP contribution is -2.61. The van der Waals surface area contributed by atoms with Crippen molar-refractivity contribution in [1.82, 2.24) is 0 Å². The first-order valence-electron chi connectivity index (χ1n) is 9.89. The van der Waals surface area contributed by atoms with Crippen molar-refractivity contribution in [2.24, 2.45) is 0 Å². The van der Waals surface area contributed by atoms with Crippen LogP contribution < -0.4 is 0 Å². The summed E-state index contributed by atoms with van der Waals surface area (Å²) in [7, 11) is 1.48. The number of carbonyl (C=O) groups is 1. The Balaban J connectivity index is 1.65. The number of rotatable bonds is 9. The first-order valence-corrected chi connectivity index (χ1v) is 9.89. The molecular weight excluding hydrogens is 388 g/mol. The Morgan fingerprint density at radius 3 is 2.13 bits per heavy atom. The van der Waals surface area contributed by atoms with Crippen LogP contribution in [-0.4, -0.2) is 55.5 Å². The normalized spacial score (nSPS) is 26.3. The van der Waals surface area contributed by atoms with E-state index in [0.717, 1.165) is 11.1 Å². The van der Waals surface area contributed by atoms with Crippen LogP contribution in [0.4, 0.5) is 0 Å². The Labute approximate surface area is 176 Å². The van der Waals surface area contributed by atoms with Crippen LogP contribution in [0.15, 0.2) is 60.7 Å². The molecule has 1 fully saturated rings. The van der Waals surface area contributed by atoms with Crippen LogP contribution in [0.2, 0.25) is 0 Å². The van der Waals surface area contributed by atoms with E-state index in [0.29, 0.717) is 6.61 Å². The van der Waals surface area contributed by atoms with Crippen LogP contribution in [0.3, 0.4) is 0 Å². The number of ether oxygens (including phenoxy) is 5. The van der Waals surface area contributed by atoms with Gasteiger partial charge in [0, 0.05) is 14.0 Å². The largest absolute Gasteiger partial charge is 0.457 e. The van der Waals surface area contributed by atoms with Gasteiger partial charge in [-0.15, -0.1) is 0 Å². The fourth-order valence-electron chi connectivity index (χ4n) is 3.37. The molecule has 0 spiro atoms. The van der Waals surface area contributed by atoms with Gasteiger partial charge < -0.3 is 28.8 Å². The van der Waals surface area contributed by atoms with Crippen molar-refractivity contribution in [3.8, 4) is 0 Å². The SMILES string of the molecule is CO[C@@H]1O[C@H](COCc2ccccc2)[C@H](OC(C)=O)[C@H](O)[C@H]1OCc1ccccc1. The second-order valence-corrected chi connectivity index (χ2v) is 7.11. The predicted molar refractivity (Wildman–Crippen MR) is 108 cm³/mol. The molecule has 5 atom stereocenters. The van der Waals surface area contributed by atoms with E-state index in [1.165, 1.54) is 14.0 Å². The molecule has 0 amide bonds.